The van der Waals surface area contributed by atoms with Crippen LogP contribution in [0.4, 0.5) is 0 Å². The standard InChI is InChI=1S/C13H19NO2S/c1-9-5-6-12(17-9)13(16)14-8-10-3-2-4-11(15)7-10/h5-6,10-11,15H,2-4,7-8H2,1H3,(H,14,16). The van der Waals surface area contributed by atoms with Gasteiger partial charge in [-0.05, 0) is 44.2 Å². The number of aliphatic hydroxyl groups excluding tert-OH is 1. The molecule has 0 saturated heterocycles. The molecule has 1 heterocycles. The molecule has 1 aliphatic carbocycles. The van der Waals surface area contributed by atoms with Crippen molar-refractivity contribution in [3.05, 3.63) is 21.9 Å². The Bertz CT molecular complexity index is 389. The number of aliphatic hydroxyl groups is 1. The highest BCUT2D eigenvalue weighted by molar-refractivity contribution is 7.13. The molecule has 4 heteroatoms. The first kappa shape index (κ1) is 12.6. The monoisotopic (exact) mass is 253 g/mol. The van der Waals surface area contributed by atoms with Crippen LogP contribution in [0.3, 0.4) is 0 Å². The van der Waals surface area contributed by atoms with E-state index in [0.29, 0.717) is 12.5 Å². The van der Waals surface area contributed by atoms with E-state index in [9.17, 15) is 9.90 Å². The third-order valence-corrected chi connectivity index (χ3v) is 4.27. The molecule has 2 N–H and O–H groups in total. The lowest BCUT2D eigenvalue weighted by Crippen LogP contribution is -2.32. The van der Waals surface area contributed by atoms with Crippen molar-refractivity contribution in [2.45, 2.75) is 38.7 Å². The lowest BCUT2D eigenvalue weighted by Gasteiger charge is -2.25. The summed E-state index contributed by atoms with van der Waals surface area (Å²) in [5.41, 5.74) is 0. The van der Waals surface area contributed by atoms with Crippen LogP contribution in [-0.2, 0) is 0 Å². The molecule has 1 aromatic rings. The summed E-state index contributed by atoms with van der Waals surface area (Å²) in [4.78, 5) is 13.8. The molecule has 1 amide bonds. The maximum Gasteiger partial charge on any atom is 0.261 e. The van der Waals surface area contributed by atoms with E-state index in [4.69, 9.17) is 0 Å². The van der Waals surface area contributed by atoms with Crippen LogP contribution in [0.15, 0.2) is 12.1 Å². The Hall–Kier alpha value is -0.870. The fraction of sp³-hybridized carbons (Fsp3) is 0.615. The summed E-state index contributed by atoms with van der Waals surface area (Å²) >= 11 is 1.52. The van der Waals surface area contributed by atoms with Gasteiger partial charge in [0.15, 0.2) is 0 Å². The van der Waals surface area contributed by atoms with Crippen molar-refractivity contribution < 1.29 is 9.90 Å². The third kappa shape index (κ3) is 3.54. The summed E-state index contributed by atoms with van der Waals surface area (Å²) in [7, 11) is 0. The predicted molar refractivity (Wildman–Crippen MR) is 69.4 cm³/mol. The summed E-state index contributed by atoms with van der Waals surface area (Å²) in [5.74, 6) is 0.451. The van der Waals surface area contributed by atoms with Crippen LogP contribution >= 0.6 is 11.3 Å². The van der Waals surface area contributed by atoms with E-state index in [0.717, 1.165) is 35.4 Å². The first-order valence-corrected chi connectivity index (χ1v) is 6.99. The second-order valence-corrected chi connectivity index (χ2v) is 6.09. The molecule has 0 bridgehead atoms. The van der Waals surface area contributed by atoms with Crippen molar-refractivity contribution >= 4 is 17.2 Å². The van der Waals surface area contributed by atoms with Gasteiger partial charge in [0.2, 0.25) is 0 Å². The maximum atomic E-state index is 11.8. The Morgan fingerprint density at radius 3 is 3.00 bits per heavy atom. The van der Waals surface area contributed by atoms with Crippen molar-refractivity contribution in [3.8, 4) is 0 Å². The van der Waals surface area contributed by atoms with E-state index < -0.39 is 0 Å². The van der Waals surface area contributed by atoms with Gasteiger partial charge in [0.25, 0.3) is 5.91 Å². The molecule has 1 fully saturated rings. The van der Waals surface area contributed by atoms with Crippen molar-refractivity contribution in [2.24, 2.45) is 5.92 Å². The van der Waals surface area contributed by atoms with Gasteiger partial charge in [0.05, 0.1) is 11.0 Å². The zero-order valence-electron chi connectivity index (χ0n) is 10.1. The van der Waals surface area contributed by atoms with Gasteiger partial charge in [-0.2, -0.15) is 0 Å². The Balaban J connectivity index is 1.80. The average molecular weight is 253 g/mol. The summed E-state index contributed by atoms with van der Waals surface area (Å²) in [5, 5.41) is 12.5. The minimum Gasteiger partial charge on any atom is -0.393 e. The second kappa shape index (κ2) is 5.65. The van der Waals surface area contributed by atoms with Crippen molar-refractivity contribution in [1.82, 2.24) is 5.32 Å². The van der Waals surface area contributed by atoms with Gasteiger partial charge >= 0.3 is 0 Å². The Kier molecular flexibility index (Phi) is 4.18. The van der Waals surface area contributed by atoms with E-state index in [-0.39, 0.29) is 12.0 Å². The Morgan fingerprint density at radius 1 is 1.53 bits per heavy atom. The van der Waals surface area contributed by atoms with E-state index >= 15 is 0 Å². The average Bonchev–Trinajstić information content (AvgIpc) is 2.73. The zero-order chi connectivity index (χ0) is 12.3. The number of carbonyl (C=O) groups excluding carboxylic acids is 1. The van der Waals surface area contributed by atoms with Crippen LogP contribution in [0, 0.1) is 12.8 Å². The van der Waals surface area contributed by atoms with Gasteiger partial charge in [0, 0.05) is 11.4 Å². The van der Waals surface area contributed by atoms with Gasteiger partial charge < -0.3 is 10.4 Å². The maximum absolute atomic E-state index is 11.8. The number of thiophene rings is 1. The van der Waals surface area contributed by atoms with E-state index in [1.807, 2.05) is 19.1 Å². The van der Waals surface area contributed by atoms with E-state index in [2.05, 4.69) is 5.32 Å². The number of carbonyl (C=O) groups is 1. The van der Waals surface area contributed by atoms with Crippen LogP contribution in [0.5, 0.6) is 0 Å². The van der Waals surface area contributed by atoms with E-state index in [1.54, 1.807) is 0 Å². The molecule has 17 heavy (non-hydrogen) atoms. The fourth-order valence-corrected chi connectivity index (χ4v) is 3.11. The summed E-state index contributed by atoms with van der Waals surface area (Å²) in [6.07, 6.45) is 3.74. The van der Waals surface area contributed by atoms with Crippen LogP contribution in [0.1, 0.15) is 40.2 Å². The molecule has 1 aliphatic rings. The molecule has 2 atom stereocenters. The molecule has 1 saturated carbocycles. The number of aryl methyl sites for hydroxylation is 1. The highest BCUT2D eigenvalue weighted by Gasteiger charge is 2.20. The molecule has 2 unspecified atom stereocenters. The molecule has 94 valence electrons. The van der Waals surface area contributed by atoms with Gasteiger partial charge in [-0.25, -0.2) is 0 Å². The Labute approximate surface area is 106 Å². The topological polar surface area (TPSA) is 49.3 Å². The number of hydrogen-bond donors (Lipinski definition) is 2. The lowest BCUT2D eigenvalue weighted by molar-refractivity contribution is 0.0876. The second-order valence-electron chi connectivity index (χ2n) is 4.81. The van der Waals surface area contributed by atoms with Crippen molar-refractivity contribution in [1.29, 1.82) is 0 Å². The first-order chi connectivity index (χ1) is 8.15. The quantitative estimate of drug-likeness (QED) is 0.868. The van der Waals surface area contributed by atoms with Crippen molar-refractivity contribution in [2.75, 3.05) is 6.54 Å². The van der Waals surface area contributed by atoms with Gasteiger partial charge in [0.1, 0.15) is 0 Å². The molecule has 1 aromatic heterocycles. The lowest BCUT2D eigenvalue weighted by atomic mass is 9.87. The van der Waals surface area contributed by atoms with Crippen LogP contribution in [0.2, 0.25) is 0 Å². The molecule has 0 spiro atoms. The largest absolute Gasteiger partial charge is 0.393 e. The molecule has 0 aliphatic heterocycles. The molecular weight excluding hydrogens is 234 g/mol. The zero-order valence-corrected chi connectivity index (χ0v) is 10.9. The van der Waals surface area contributed by atoms with Crippen LogP contribution in [0.25, 0.3) is 0 Å². The summed E-state index contributed by atoms with van der Waals surface area (Å²) < 4.78 is 0. The smallest absolute Gasteiger partial charge is 0.261 e. The normalized spacial score (nSPS) is 24.6. The predicted octanol–water partition coefficient (Wildman–Crippen LogP) is 2.34. The SMILES string of the molecule is Cc1ccc(C(=O)NCC2CCCC(O)C2)s1. The number of amides is 1. The third-order valence-electron chi connectivity index (χ3n) is 3.27. The summed E-state index contributed by atoms with van der Waals surface area (Å²) in [6, 6.07) is 3.83. The Morgan fingerprint density at radius 2 is 2.35 bits per heavy atom. The number of hydrogen-bond acceptors (Lipinski definition) is 3. The van der Waals surface area contributed by atoms with Crippen LogP contribution in [-0.4, -0.2) is 23.7 Å². The minimum atomic E-state index is -0.172. The van der Waals surface area contributed by atoms with Gasteiger partial charge in [-0.1, -0.05) is 6.42 Å². The molecular formula is C13H19NO2S. The van der Waals surface area contributed by atoms with Gasteiger partial charge in [-0.15, -0.1) is 11.3 Å². The molecule has 0 radical (unpaired) electrons. The fourth-order valence-electron chi connectivity index (χ4n) is 2.33. The molecule has 3 nitrogen and oxygen atoms in total. The molecule has 2 rings (SSSR count). The van der Waals surface area contributed by atoms with Gasteiger partial charge in [-0.3, -0.25) is 4.79 Å². The van der Waals surface area contributed by atoms with Crippen molar-refractivity contribution in [3.63, 3.8) is 0 Å². The highest BCUT2D eigenvalue weighted by Crippen LogP contribution is 2.23. The molecule has 0 aromatic carbocycles. The summed E-state index contributed by atoms with van der Waals surface area (Å²) in [6.45, 7) is 2.69. The first-order valence-electron chi connectivity index (χ1n) is 6.18. The van der Waals surface area contributed by atoms with Crippen LogP contribution < -0.4 is 5.32 Å². The number of nitrogens with one attached hydrogen (secondary N) is 1. The number of rotatable bonds is 3. The minimum absolute atomic E-state index is 0.0168. The highest BCUT2D eigenvalue weighted by atomic mass is 32.1. The van der Waals surface area contributed by atoms with E-state index in [1.165, 1.54) is 11.3 Å².